The molecule has 0 saturated carbocycles. The number of aromatic hydroxyl groups is 2. The second kappa shape index (κ2) is 11.4. The van der Waals surface area contributed by atoms with Crippen molar-refractivity contribution < 1.29 is 19.7 Å². The SMILES string of the molecule is CCNC(=O)C(=N)N(C(=N)c1cc(C(C)C)c(O)cc1O)c1ccc(SN2CCOCC2)cc1. The molecule has 1 fully saturated rings. The molecule has 34 heavy (non-hydrogen) atoms. The molecule has 9 nitrogen and oxygen atoms in total. The number of phenols is 2. The molecule has 10 heteroatoms. The highest BCUT2D eigenvalue weighted by atomic mass is 32.2. The zero-order valence-corrected chi connectivity index (χ0v) is 20.4. The van der Waals surface area contributed by atoms with Crippen LogP contribution in [0.3, 0.4) is 0 Å². The van der Waals surface area contributed by atoms with E-state index in [1.807, 2.05) is 26.0 Å². The van der Waals surface area contributed by atoms with E-state index in [1.54, 1.807) is 31.0 Å². The summed E-state index contributed by atoms with van der Waals surface area (Å²) in [6.07, 6.45) is 0. The predicted molar refractivity (Wildman–Crippen MR) is 134 cm³/mol. The van der Waals surface area contributed by atoms with Gasteiger partial charge < -0.3 is 20.3 Å². The Balaban J connectivity index is 1.96. The number of amidine groups is 2. The molecule has 0 spiro atoms. The van der Waals surface area contributed by atoms with E-state index in [0.29, 0.717) is 31.0 Å². The number of nitrogens with zero attached hydrogens (tertiary/aromatic N) is 2. The highest BCUT2D eigenvalue weighted by Crippen LogP contribution is 2.34. The van der Waals surface area contributed by atoms with Gasteiger partial charge in [0.1, 0.15) is 17.3 Å². The molecule has 2 aromatic rings. The van der Waals surface area contributed by atoms with Crippen LogP contribution in [0.25, 0.3) is 0 Å². The predicted octanol–water partition coefficient (Wildman–Crippen LogP) is 3.51. The van der Waals surface area contributed by atoms with Crippen LogP contribution in [0, 0.1) is 10.8 Å². The van der Waals surface area contributed by atoms with Crippen molar-refractivity contribution in [3.05, 3.63) is 47.5 Å². The van der Waals surface area contributed by atoms with Crippen LogP contribution in [0.2, 0.25) is 0 Å². The van der Waals surface area contributed by atoms with Crippen molar-refractivity contribution in [3.8, 4) is 11.5 Å². The summed E-state index contributed by atoms with van der Waals surface area (Å²) in [6, 6.07) is 9.94. The Bertz CT molecular complexity index is 1050. The van der Waals surface area contributed by atoms with Crippen molar-refractivity contribution in [3.63, 3.8) is 0 Å². The lowest BCUT2D eigenvalue weighted by Gasteiger charge is -2.27. The van der Waals surface area contributed by atoms with Crippen molar-refractivity contribution in [2.24, 2.45) is 0 Å². The quantitative estimate of drug-likeness (QED) is 0.240. The first kappa shape index (κ1) is 25.5. The highest BCUT2D eigenvalue weighted by Gasteiger charge is 2.27. The number of phenolic OH excluding ortho intramolecular Hbond substituents is 2. The van der Waals surface area contributed by atoms with E-state index in [0.717, 1.165) is 18.0 Å². The minimum Gasteiger partial charge on any atom is -0.508 e. The van der Waals surface area contributed by atoms with Gasteiger partial charge in [-0.2, -0.15) is 0 Å². The van der Waals surface area contributed by atoms with Gasteiger partial charge in [-0.3, -0.25) is 20.5 Å². The van der Waals surface area contributed by atoms with Gasteiger partial charge in [-0.05, 0) is 60.7 Å². The summed E-state index contributed by atoms with van der Waals surface area (Å²) in [4.78, 5) is 14.7. The Hall–Kier alpha value is -3.08. The van der Waals surface area contributed by atoms with Gasteiger partial charge in [0.15, 0.2) is 5.84 Å². The zero-order valence-electron chi connectivity index (χ0n) is 19.6. The zero-order chi connectivity index (χ0) is 24.8. The van der Waals surface area contributed by atoms with Gasteiger partial charge in [-0.15, -0.1) is 0 Å². The number of nitrogens with one attached hydrogen (secondary N) is 3. The van der Waals surface area contributed by atoms with Crippen LogP contribution in [0.4, 0.5) is 5.69 Å². The number of benzene rings is 2. The summed E-state index contributed by atoms with van der Waals surface area (Å²) >= 11 is 1.60. The minimum absolute atomic E-state index is 0.0556. The molecule has 0 aliphatic carbocycles. The first-order valence-electron chi connectivity index (χ1n) is 11.1. The van der Waals surface area contributed by atoms with Gasteiger partial charge >= 0.3 is 0 Å². The fraction of sp³-hybridized carbons (Fsp3) is 0.375. The second-order valence-corrected chi connectivity index (χ2v) is 9.27. The summed E-state index contributed by atoms with van der Waals surface area (Å²) < 4.78 is 7.59. The first-order valence-corrected chi connectivity index (χ1v) is 11.9. The number of hydrogen-bond acceptors (Lipinski definition) is 8. The van der Waals surface area contributed by atoms with Gasteiger partial charge in [0.25, 0.3) is 5.91 Å². The number of likely N-dealkylation sites (N-methyl/N-ethyl adjacent to an activating group) is 1. The molecular formula is C24H31N5O4S. The third-order valence-electron chi connectivity index (χ3n) is 5.32. The van der Waals surface area contributed by atoms with Gasteiger partial charge in [0, 0.05) is 36.3 Å². The topological polar surface area (TPSA) is 133 Å². The molecule has 182 valence electrons. The average molecular weight is 486 g/mol. The fourth-order valence-electron chi connectivity index (χ4n) is 3.53. The molecule has 0 radical (unpaired) electrons. The Morgan fingerprint density at radius 2 is 1.79 bits per heavy atom. The van der Waals surface area contributed by atoms with Crippen molar-refractivity contribution in [1.82, 2.24) is 9.62 Å². The summed E-state index contributed by atoms with van der Waals surface area (Å²) in [5, 5.41) is 40.6. The number of rotatable bonds is 6. The standard InChI is InChI=1S/C24H31N5O4S/c1-4-27-24(32)23(26)29(22(25)19-13-18(15(2)3)20(30)14-21(19)31)16-5-7-17(8-6-16)34-28-9-11-33-12-10-28/h5-8,13-15,25-26,30-31H,4,9-12H2,1-3H3,(H,27,32). The van der Waals surface area contributed by atoms with E-state index in [1.165, 1.54) is 17.0 Å². The van der Waals surface area contributed by atoms with Crippen molar-refractivity contribution in [1.29, 1.82) is 10.8 Å². The lowest BCUT2D eigenvalue weighted by molar-refractivity contribution is -0.114. The van der Waals surface area contributed by atoms with Crippen molar-refractivity contribution >= 4 is 35.2 Å². The third kappa shape index (κ3) is 5.88. The molecule has 0 aromatic heterocycles. The number of carbonyl (C=O) groups excluding carboxylic acids is 1. The van der Waals surface area contributed by atoms with Crippen molar-refractivity contribution in [2.75, 3.05) is 37.7 Å². The molecule has 0 bridgehead atoms. The molecule has 1 amide bonds. The molecule has 3 rings (SSSR count). The van der Waals surface area contributed by atoms with Crippen LogP contribution in [0.15, 0.2) is 41.3 Å². The summed E-state index contributed by atoms with van der Waals surface area (Å²) in [5.74, 6) is -1.76. The summed E-state index contributed by atoms with van der Waals surface area (Å²) in [6.45, 7) is 8.88. The van der Waals surface area contributed by atoms with Crippen LogP contribution in [0.5, 0.6) is 11.5 Å². The molecule has 1 aliphatic rings. The molecule has 1 heterocycles. The van der Waals surface area contributed by atoms with E-state index in [9.17, 15) is 15.0 Å². The third-order valence-corrected chi connectivity index (χ3v) is 6.43. The van der Waals surface area contributed by atoms with E-state index >= 15 is 0 Å². The molecular weight excluding hydrogens is 454 g/mol. The van der Waals surface area contributed by atoms with Crippen LogP contribution < -0.4 is 10.2 Å². The minimum atomic E-state index is -0.638. The average Bonchev–Trinajstić information content (AvgIpc) is 2.80. The maximum Gasteiger partial charge on any atom is 0.287 e. The van der Waals surface area contributed by atoms with E-state index in [-0.39, 0.29) is 28.8 Å². The van der Waals surface area contributed by atoms with E-state index in [4.69, 9.17) is 15.6 Å². The van der Waals surface area contributed by atoms with Crippen molar-refractivity contribution in [2.45, 2.75) is 31.6 Å². The molecule has 2 aromatic carbocycles. The number of ether oxygens (including phenoxy) is 1. The fourth-order valence-corrected chi connectivity index (χ4v) is 4.41. The van der Waals surface area contributed by atoms with Gasteiger partial charge in [-0.25, -0.2) is 4.31 Å². The van der Waals surface area contributed by atoms with Crippen LogP contribution in [-0.2, 0) is 9.53 Å². The highest BCUT2D eigenvalue weighted by molar-refractivity contribution is 7.97. The van der Waals surface area contributed by atoms with Crippen LogP contribution in [-0.4, -0.2) is 64.9 Å². The Morgan fingerprint density at radius 3 is 2.38 bits per heavy atom. The van der Waals surface area contributed by atoms with Crippen LogP contribution >= 0.6 is 11.9 Å². The Labute approximate surface area is 203 Å². The number of carbonyl (C=O) groups is 1. The normalized spacial score (nSPS) is 14.1. The molecule has 1 aliphatic heterocycles. The number of anilines is 1. The maximum atomic E-state index is 12.5. The Kier molecular flexibility index (Phi) is 8.54. The van der Waals surface area contributed by atoms with E-state index < -0.39 is 11.7 Å². The van der Waals surface area contributed by atoms with Gasteiger partial charge in [0.2, 0.25) is 0 Å². The number of amides is 1. The van der Waals surface area contributed by atoms with Crippen LogP contribution in [0.1, 0.15) is 37.8 Å². The smallest absolute Gasteiger partial charge is 0.287 e. The lowest BCUT2D eigenvalue weighted by atomic mass is 9.98. The molecule has 5 N–H and O–H groups in total. The lowest BCUT2D eigenvalue weighted by Crippen LogP contribution is -2.46. The second-order valence-electron chi connectivity index (χ2n) is 8.10. The number of hydrogen-bond donors (Lipinski definition) is 5. The number of morpholine rings is 1. The monoisotopic (exact) mass is 485 g/mol. The molecule has 0 unspecified atom stereocenters. The van der Waals surface area contributed by atoms with Gasteiger partial charge in [-0.1, -0.05) is 13.8 Å². The first-order chi connectivity index (χ1) is 16.2. The Morgan fingerprint density at radius 1 is 1.15 bits per heavy atom. The van der Waals surface area contributed by atoms with Gasteiger partial charge in [0.05, 0.1) is 18.8 Å². The summed E-state index contributed by atoms with van der Waals surface area (Å²) in [7, 11) is 0. The summed E-state index contributed by atoms with van der Waals surface area (Å²) in [5.41, 5.74) is 1.10. The molecule has 1 saturated heterocycles. The largest absolute Gasteiger partial charge is 0.508 e. The van der Waals surface area contributed by atoms with E-state index in [2.05, 4.69) is 9.62 Å². The maximum absolute atomic E-state index is 12.5. The molecule has 0 atom stereocenters.